The van der Waals surface area contributed by atoms with E-state index in [1.54, 1.807) is 22.8 Å². The molecule has 0 bridgehead atoms. The molecule has 2 rings (SSSR count). The second kappa shape index (κ2) is 8.20. The van der Waals surface area contributed by atoms with Crippen molar-refractivity contribution in [2.24, 2.45) is 7.05 Å². The molecule has 1 heterocycles. The fraction of sp³-hybridized carbons (Fsp3) is 0.412. The molecule has 26 heavy (non-hydrogen) atoms. The van der Waals surface area contributed by atoms with Crippen LogP contribution in [0, 0.1) is 0 Å². The highest BCUT2D eigenvalue weighted by Crippen LogP contribution is 2.15. The Morgan fingerprint density at radius 3 is 2.38 bits per heavy atom. The first-order valence-electron chi connectivity index (χ1n) is 8.16. The largest absolute Gasteiger partial charge is 0.334 e. The number of carbonyl (C=O) groups is 1. The van der Waals surface area contributed by atoms with Crippen LogP contribution in [-0.2, 0) is 28.4 Å². The second-order valence-electron chi connectivity index (χ2n) is 6.38. The number of halogens is 1. The number of hydrogen-bond donors (Lipinski definition) is 1. The van der Waals surface area contributed by atoms with Crippen LogP contribution in [-0.4, -0.2) is 41.1 Å². The monoisotopic (exact) mass is 398 g/mol. The van der Waals surface area contributed by atoms with Gasteiger partial charge in [-0.25, -0.2) is 8.42 Å². The molecule has 7 nitrogen and oxygen atoms in total. The molecule has 142 valence electrons. The van der Waals surface area contributed by atoms with Gasteiger partial charge in [-0.2, -0.15) is 9.82 Å². The molecule has 0 spiro atoms. The van der Waals surface area contributed by atoms with Crippen LogP contribution < -0.4 is 4.72 Å². The second-order valence-corrected chi connectivity index (χ2v) is 8.53. The predicted octanol–water partition coefficient (Wildman–Crippen LogP) is 2.18. The number of aryl methyl sites for hydroxylation is 1. The molecule has 0 aliphatic heterocycles. The average Bonchev–Trinajstić information content (AvgIpc) is 2.97. The number of carbonyl (C=O) groups excluding carboxylic acids is 1. The number of sulfonamides is 1. The molecule has 0 radical (unpaired) electrons. The minimum atomic E-state index is -3.82. The fourth-order valence-electron chi connectivity index (χ4n) is 2.48. The molecule has 0 unspecified atom stereocenters. The molecular formula is C17H23ClN4O3S. The van der Waals surface area contributed by atoms with E-state index in [2.05, 4.69) is 9.82 Å². The molecule has 1 aromatic heterocycles. The minimum absolute atomic E-state index is 0.0601. The summed E-state index contributed by atoms with van der Waals surface area (Å²) in [5.74, 6) is -0.304. The Bertz CT molecular complexity index is 862. The predicted molar refractivity (Wildman–Crippen MR) is 100 cm³/mol. The van der Waals surface area contributed by atoms with Crippen molar-refractivity contribution in [1.29, 1.82) is 0 Å². The van der Waals surface area contributed by atoms with Gasteiger partial charge < -0.3 is 4.90 Å². The minimum Gasteiger partial charge on any atom is -0.334 e. The third kappa shape index (κ3) is 5.06. The van der Waals surface area contributed by atoms with E-state index < -0.39 is 16.1 Å². The Labute approximate surface area is 159 Å². The zero-order chi connectivity index (χ0) is 19.5. The van der Waals surface area contributed by atoms with E-state index >= 15 is 0 Å². The van der Waals surface area contributed by atoms with Gasteiger partial charge in [-0.3, -0.25) is 9.48 Å². The number of aromatic nitrogens is 2. The molecule has 1 aromatic carbocycles. The molecule has 1 N–H and O–H groups in total. The molecule has 0 saturated heterocycles. The van der Waals surface area contributed by atoms with Crippen molar-refractivity contribution in [1.82, 2.24) is 19.4 Å². The van der Waals surface area contributed by atoms with Crippen LogP contribution in [0.5, 0.6) is 0 Å². The average molecular weight is 399 g/mol. The normalized spacial score (nSPS) is 13.0. The first kappa shape index (κ1) is 20.4. The summed E-state index contributed by atoms with van der Waals surface area (Å²) in [4.78, 5) is 14.5. The lowest BCUT2D eigenvalue weighted by Gasteiger charge is -2.29. The van der Waals surface area contributed by atoms with Crippen LogP contribution in [0.3, 0.4) is 0 Å². The first-order valence-corrected chi connectivity index (χ1v) is 10.0. The van der Waals surface area contributed by atoms with Gasteiger partial charge in [0.05, 0.1) is 17.1 Å². The quantitative estimate of drug-likeness (QED) is 0.774. The smallest absolute Gasteiger partial charge is 0.241 e. The van der Waals surface area contributed by atoms with Crippen LogP contribution >= 0.6 is 11.6 Å². The van der Waals surface area contributed by atoms with Gasteiger partial charge >= 0.3 is 0 Å². The third-order valence-corrected chi connectivity index (χ3v) is 5.65. The summed E-state index contributed by atoms with van der Waals surface area (Å²) in [7, 11) is -2.02. The molecule has 2 aromatic rings. The van der Waals surface area contributed by atoms with Crippen molar-refractivity contribution in [3.8, 4) is 0 Å². The lowest BCUT2D eigenvalue weighted by atomic mass is 10.2. The Hall–Kier alpha value is -1.90. The molecule has 0 aliphatic rings. The maximum absolute atomic E-state index is 12.8. The van der Waals surface area contributed by atoms with E-state index in [1.165, 1.54) is 31.2 Å². The van der Waals surface area contributed by atoms with Crippen LogP contribution in [0.25, 0.3) is 0 Å². The van der Waals surface area contributed by atoms with Crippen molar-refractivity contribution in [3.05, 3.63) is 47.2 Å². The standard InChI is InChI=1S/C17H23ClN4O3S/c1-12(2)22(11-14-9-19-21(4)10-14)17(23)13(3)20-26(24,25)16-7-5-15(18)6-8-16/h5-10,12-13,20H,11H2,1-4H3/t13-/m0/s1. The number of hydrogen-bond acceptors (Lipinski definition) is 4. The van der Waals surface area contributed by atoms with E-state index in [0.29, 0.717) is 11.6 Å². The van der Waals surface area contributed by atoms with Crippen molar-refractivity contribution in [2.45, 2.75) is 44.3 Å². The van der Waals surface area contributed by atoms with Gasteiger partial charge in [0.25, 0.3) is 0 Å². The topological polar surface area (TPSA) is 84.3 Å². The molecule has 1 atom stereocenters. The highest BCUT2D eigenvalue weighted by atomic mass is 35.5. The summed E-state index contributed by atoms with van der Waals surface area (Å²) in [6.07, 6.45) is 3.51. The van der Waals surface area contributed by atoms with Gasteiger partial charge in [0.2, 0.25) is 15.9 Å². The molecule has 0 aliphatic carbocycles. The van der Waals surface area contributed by atoms with E-state index in [1.807, 2.05) is 20.0 Å². The summed E-state index contributed by atoms with van der Waals surface area (Å²) in [6, 6.07) is 4.78. The van der Waals surface area contributed by atoms with E-state index in [4.69, 9.17) is 11.6 Å². The highest BCUT2D eigenvalue weighted by molar-refractivity contribution is 7.89. The zero-order valence-corrected chi connectivity index (χ0v) is 16.8. The van der Waals surface area contributed by atoms with Crippen molar-refractivity contribution in [2.75, 3.05) is 0 Å². The Balaban J connectivity index is 2.13. The molecule has 0 fully saturated rings. The van der Waals surface area contributed by atoms with Crippen molar-refractivity contribution in [3.63, 3.8) is 0 Å². The fourth-order valence-corrected chi connectivity index (χ4v) is 3.80. The van der Waals surface area contributed by atoms with Crippen molar-refractivity contribution >= 4 is 27.5 Å². The number of rotatable bonds is 7. The summed E-state index contributed by atoms with van der Waals surface area (Å²) in [6.45, 7) is 5.66. The van der Waals surface area contributed by atoms with Gasteiger partial charge in [-0.05, 0) is 45.0 Å². The summed E-state index contributed by atoms with van der Waals surface area (Å²) in [5, 5.41) is 4.54. The summed E-state index contributed by atoms with van der Waals surface area (Å²) < 4.78 is 29.0. The van der Waals surface area contributed by atoms with Crippen LogP contribution in [0.1, 0.15) is 26.3 Å². The summed E-state index contributed by atoms with van der Waals surface area (Å²) in [5.41, 5.74) is 0.877. The Morgan fingerprint density at radius 1 is 1.27 bits per heavy atom. The lowest BCUT2D eigenvalue weighted by molar-refractivity contribution is -0.135. The van der Waals surface area contributed by atoms with Gasteiger partial charge in [0.15, 0.2) is 0 Å². The van der Waals surface area contributed by atoms with Crippen LogP contribution in [0.2, 0.25) is 5.02 Å². The van der Waals surface area contributed by atoms with Gasteiger partial charge in [-0.1, -0.05) is 11.6 Å². The van der Waals surface area contributed by atoms with Gasteiger partial charge in [0.1, 0.15) is 0 Å². The van der Waals surface area contributed by atoms with Crippen LogP contribution in [0.4, 0.5) is 0 Å². The van der Waals surface area contributed by atoms with E-state index in [9.17, 15) is 13.2 Å². The maximum atomic E-state index is 12.8. The lowest BCUT2D eigenvalue weighted by Crippen LogP contribution is -2.48. The first-order chi connectivity index (χ1) is 12.1. The molecule has 1 amide bonds. The number of amides is 1. The van der Waals surface area contributed by atoms with E-state index in [-0.39, 0.29) is 16.8 Å². The molecule has 0 saturated carbocycles. The van der Waals surface area contributed by atoms with Crippen LogP contribution in [0.15, 0.2) is 41.6 Å². The Kier molecular flexibility index (Phi) is 6.44. The SMILES string of the molecule is CC(C)N(Cc1cnn(C)c1)C(=O)[C@H](C)NS(=O)(=O)c1ccc(Cl)cc1. The zero-order valence-electron chi connectivity index (χ0n) is 15.2. The molecular weight excluding hydrogens is 376 g/mol. The third-order valence-electron chi connectivity index (χ3n) is 3.84. The molecule has 9 heteroatoms. The van der Waals surface area contributed by atoms with Gasteiger partial charge in [0, 0.05) is 36.4 Å². The summed E-state index contributed by atoms with van der Waals surface area (Å²) >= 11 is 5.79. The number of nitrogens with zero attached hydrogens (tertiary/aromatic N) is 3. The number of benzene rings is 1. The van der Waals surface area contributed by atoms with Gasteiger partial charge in [-0.15, -0.1) is 0 Å². The maximum Gasteiger partial charge on any atom is 0.241 e. The highest BCUT2D eigenvalue weighted by Gasteiger charge is 2.27. The number of nitrogens with one attached hydrogen (secondary N) is 1. The Morgan fingerprint density at radius 2 is 1.88 bits per heavy atom. The van der Waals surface area contributed by atoms with E-state index in [0.717, 1.165) is 5.56 Å². The van der Waals surface area contributed by atoms with Crippen molar-refractivity contribution < 1.29 is 13.2 Å².